The Morgan fingerprint density at radius 1 is 1.26 bits per heavy atom. The zero-order chi connectivity index (χ0) is 13.4. The molecule has 0 unspecified atom stereocenters. The molecule has 0 aliphatic rings. The van der Waals surface area contributed by atoms with Gasteiger partial charge in [0.15, 0.2) is 4.96 Å². The number of aromatic nitrogens is 2. The lowest BCUT2D eigenvalue weighted by atomic mass is 10.1. The molecule has 1 aromatic carbocycles. The summed E-state index contributed by atoms with van der Waals surface area (Å²) >= 11 is 1.62. The van der Waals surface area contributed by atoms with Gasteiger partial charge in [-0.3, -0.25) is 4.40 Å². The molecule has 19 heavy (non-hydrogen) atoms. The van der Waals surface area contributed by atoms with Crippen LogP contribution in [0.25, 0.3) is 16.2 Å². The van der Waals surface area contributed by atoms with Crippen molar-refractivity contribution < 1.29 is 5.21 Å². The molecule has 5 heteroatoms. The van der Waals surface area contributed by atoms with Gasteiger partial charge < -0.3 is 5.21 Å². The molecule has 96 valence electrons. The second-order valence-electron chi connectivity index (χ2n) is 4.45. The quantitative estimate of drug-likeness (QED) is 0.440. The number of benzene rings is 1. The first kappa shape index (κ1) is 11.9. The van der Waals surface area contributed by atoms with Crippen LogP contribution in [0.1, 0.15) is 16.1 Å². The van der Waals surface area contributed by atoms with E-state index >= 15 is 0 Å². The van der Waals surface area contributed by atoms with E-state index in [1.165, 1.54) is 16.7 Å². The van der Waals surface area contributed by atoms with Gasteiger partial charge in [-0.2, -0.15) is 0 Å². The summed E-state index contributed by atoms with van der Waals surface area (Å²) in [7, 11) is 0. The zero-order valence-corrected chi connectivity index (χ0v) is 11.5. The van der Waals surface area contributed by atoms with E-state index in [-0.39, 0.29) is 0 Å². The molecule has 2 aromatic heterocycles. The third-order valence-electron chi connectivity index (χ3n) is 2.98. The number of nitrogens with zero attached hydrogens (tertiary/aromatic N) is 3. The van der Waals surface area contributed by atoms with Crippen LogP contribution in [0.4, 0.5) is 0 Å². The molecule has 0 fully saturated rings. The second kappa shape index (κ2) is 4.51. The Morgan fingerprint density at radius 2 is 2.00 bits per heavy atom. The molecule has 0 aliphatic heterocycles. The molecule has 1 N–H and O–H groups in total. The molecule has 0 amide bonds. The van der Waals surface area contributed by atoms with Crippen LogP contribution in [-0.2, 0) is 0 Å². The third-order valence-corrected chi connectivity index (χ3v) is 3.88. The van der Waals surface area contributed by atoms with Crippen LogP contribution in [0.3, 0.4) is 0 Å². The Labute approximate surface area is 114 Å². The molecule has 0 radical (unpaired) electrons. The van der Waals surface area contributed by atoms with E-state index in [1.54, 1.807) is 11.3 Å². The van der Waals surface area contributed by atoms with Crippen molar-refractivity contribution in [3.8, 4) is 11.3 Å². The van der Waals surface area contributed by atoms with E-state index in [0.29, 0.717) is 0 Å². The fraction of sp³-hybridized carbons (Fsp3) is 0.143. The highest BCUT2D eigenvalue weighted by atomic mass is 32.1. The number of imidazole rings is 1. The Kier molecular flexibility index (Phi) is 2.83. The summed E-state index contributed by atoms with van der Waals surface area (Å²) < 4.78 is 1.95. The van der Waals surface area contributed by atoms with Gasteiger partial charge in [0.05, 0.1) is 17.6 Å². The van der Waals surface area contributed by atoms with E-state index in [9.17, 15) is 0 Å². The number of oxime groups is 1. The van der Waals surface area contributed by atoms with Crippen molar-refractivity contribution in [3.05, 3.63) is 46.6 Å². The van der Waals surface area contributed by atoms with Crippen molar-refractivity contribution >= 4 is 22.5 Å². The average Bonchev–Trinajstić information content (AvgIpc) is 2.89. The van der Waals surface area contributed by atoms with Crippen molar-refractivity contribution in [2.24, 2.45) is 5.16 Å². The minimum Gasteiger partial charge on any atom is -0.411 e. The minimum atomic E-state index is 0.797. The summed E-state index contributed by atoms with van der Waals surface area (Å²) in [4.78, 5) is 6.71. The standard InChI is InChI=1S/C14H13N3OS/c1-9-3-5-11(6-4-9)13-12(7-15-18)17-8-10(2)19-14(17)16-13/h3-8,18H,1-2H3/b15-7-. The van der Waals surface area contributed by atoms with Crippen molar-refractivity contribution in [3.63, 3.8) is 0 Å². The van der Waals surface area contributed by atoms with Gasteiger partial charge in [0.25, 0.3) is 0 Å². The number of thiazole rings is 1. The first-order valence-corrected chi connectivity index (χ1v) is 6.73. The molecule has 0 saturated heterocycles. The summed E-state index contributed by atoms with van der Waals surface area (Å²) in [5.41, 5.74) is 3.86. The number of hydrogen-bond donors (Lipinski definition) is 1. The van der Waals surface area contributed by atoms with E-state index in [1.807, 2.05) is 41.8 Å². The normalized spacial score (nSPS) is 11.7. The van der Waals surface area contributed by atoms with Crippen LogP contribution in [0.5, 0.6) is 0 Å². The predicted octanol–water partition coefficient (Wildman–Crippen LogP) is 3.49. The van der Waals surface area contributed by atoms with Gasteiger partial charge in [0.2, 0.25) is 0 Å². The highest BCUT2D eigenvalue weighted by Gasteiger charge is 2.14. The Bertz CT molecular complexity index is 753. The van der Waals surface area contributed by atoms with Gasteiger partial charge in [0.1, 0.15) is 0 Å². The number of aryl methyl sites for hydroxylation is 2. The van der Waals surface area contributed by atoms with Gasteiger partial charge in [0, 0.05) is 16.6 Å². The van der Waals surface area contributed by atoms with Crippen molar-refractivity contribution in [2.45, 2.75) is 13.8 Å². The summed E-state index contributed by atoms with van der Waals surface area (Å²) in [5.74, 6) is 0. The third kappa shape index (κ3) is 2.02. The molecular weight excluding hydrogens is 258 g/mol. The largest absolute Gasteiger partial charge is 0.411 e. The van der Waals surface area contributed by atoms with Gasteiger partial charge >= 0.3 is 0 Å². The van der Waals surface area contributed by atoms with E-state index in [0.717, 1.165) is 21.9 Å². The first-order chi connectivity index (χ1) is 9.19. The van der Waals surface area contributed by atoms with Crippen molar-refractivity contribution in [2.75, 3.05) is 0 Å². The highest BCUT2D eigenvalue weighted by Crippen LogP contribution is 2.27. The Hall–Kier alpha value is -2.14. The minimum absolute atomic E-state index is 0.797. The van der Waals surface area contributed by atoms with Crippen LogP contribution < -0.4 is 0 Å². The second-order valence-corrected chi connectivity index (χ2v) is 5.66. The van der Waals surface area contributed by atoms with Crippen LogP contribution in [-0.4, -0.2) is 20.8 Å². The molecule has 2 heterocycles. The summed E-state index contributed by atoms with van der Waals surface area (Å²) in [5, 5.41) is 12.0. The topological polar surface area (TPSA) is 49.9 Å². The predicted molar refractivity (Wildman–Crippen MR) is 77.4 cm³/mol. The van der Waals surface area contributed by atoms with Gasteiger partial charge in [-0.05, 0) is 13.8 Å². The average molecular weight is 271 g/mol. The van der Waals surface area contributed by atoms with Crippen LogP contribution >= 0.6 is 11.3 Å². The van der Waals surface area contributed by atoms with Crippen molar-refractivity contribution in [1.82, 2.24) is 9.38 Å². The lowest BCUT2D eigenvalue weighted by Gasteiger charge is -2.00. The maximum atomic E-state index is 8.85. The summed E-state index contributed by atoms with van der Waals surface area (Å²) in [6, 6.07) is 8.16. The molecule has 0 atom stereocenters. The summed E-state index contributed by atoms with van der Waals surface area (Å²) in [6.45, 7) is 4.08. The zero-order valence-electron chi connectivity index (χ0n) is 10.7. The monoisotopic (exact) mass is 271 g/mol. The molecular formula is C14H13N3OS. The van der Waals surface area contributed by atoms with Gasteiger partial charge in [-0.15, -0.1) is 11.3 Å². The van der Waals surface area contributed by atoms with Crippen LogP contribution in [0.15, 0.2) is 35.6 Å². The first-order valence-electron chi connectivity index (χ1n) is 5.92. The maximum Gasteiger partial charge on any atom is 0.195 e. The van der Waals surface area contributed by atoms with Crippen LogP contribution in [0, 0.1) is 13.8 Å². The number of hydrogen-bond acceptors (Lipinski definition) is 4. The fourth-order valence-electron chi connectivity index (χ4n) is 2.07. The van der Waals surface area contributed by atoms with E-state index in [4.69, 9.17) is 5.21 Å². The SMILES string of the molecule is Cc1ccc(-c2nc3sc(C)cn3c2/C=N\O)cc1. The number of fused-ring (bicyclic) bond motifs is 1. The summed E-state index contributed by atoms with van der Waals surface area (Å²) in [6.07, 6.45) is 3.43. The fourth-order valence-corrected chi connectivity index (χ4v) is 2.91. The molecule has 0 spiro atoms. The number of rotatable bonds is 2. The lowest BCUT2D eigenvalue weighted by Crippen LogP contribution is -1.91. The van der Waals surface area contributed by atoms with Gasteiger partial charge in [-0.25, -0.2) is 4.98 Å². The molecule has 3 rings (SSSR count). The maximum absolute atomic E-state index is 8.85. The van der Waals surface area contributed by atoms with Crippen LogP contribution in [0.2, 0.25) is 0 Å². The molecule has 3 aromatic rings. The van der Waals surface area contributed by atoms with Gasteiger partial charge in [-0.1, -0.05) is 35.0 Å². The molecule has 0 saturated carbocycles. The lowest BCUT2D eigenvalue weighted by molar-refractivity contribution is 0.321. The Balaban J connectivity index is 2.25. The van der Waals surface area contributed by atoms with Crippen molar-refractivity contribution in [1.29, 1.82) is 0 Å². The molecule has 4 nitrogen and oxygen atoms in total. The smallest absolute Gasteiger partial charge is 0.195 e. The highest BCUT2D eigenvalue weighted by molar-refractivity contribution is 7.17. The van der Waals surface area contributed by atoms with E-state index < -0.39 is 0 Å². The van der Waals surface area contributed by atoms with E-state index in [2.05, 4.69) is 17.1 Å². The molecule has 0 bridgehead atoms. The Morgan fingerprint density at radius 3 is 2.68 bits per heavy atom. The molecule has 0 aliphatic carbocycles.